The van der Waals surface area contributed by atoms with Crippen LogP contribution in [0.5, 0.6) is 0 Å². The summed E-state index contributed by atoms with van der Waals surface area (Å²) in [4.78, 5) is 11.1. The fourth-order valence-corrected chi connectivity index (χ4v) is 2.98. The fraction of sp³-hybridized carbons (Fsp3) is 0.889. The number of esters is 1. The first-order valence-corrected chi connectivity index (χ1v) is 5.99. The van der Waals surface area contributed by atoms with Crippen molar-refractivity contribution in [3.8, 4) is 0 Å². The average Bonchev–Trinajstić information content (AvgIpc) is 2.27. The Hall–Kier alpha value is -0.420. The molecule has 2 unspecified atom stereocenters. The maximum Gasteiger partial charge on any atom is 0.321 e. The van der Waals surface area contributed by atoms with Gasteiger partial charge in [-0.15, -0.1) is 0 Å². The summed E-state index contributed by atoms with van der Waals surface area (Å²) in [6.45, 7) is 2.94. The Bertz CT molecular complexity index is 223. The van der Waals surface area contributed by atoms with Gasteiger partial charge in [0, 0.05) is 29.3 Å². The van der Waals surface area contributed by atoms with Crippen LogP contribution in [0.4, 0.5) is 0 Å². The summed E-state index contributed by atoms with van der Waals surface area (Å²) >= 11 is 0. The van der Waals surface area contributed by atoms with E-state index in [1.165, 1.54) is 7.11 Å². The van der Waals surface area contributed by atoms with Gasteiger partial charge in [0.25, 0.3) is 0 Å². The monoisotopic (exact) mass is 220 g/mol. The highest BCUT2D eigenvalue weighted by atomic mass is 32.2. The number of hydrogen-bond donors (Lipinski definition) is 0. The molecule has 0 radical (unpaired) electrons. The highest BCUT2D eigenvalue weighted by Crippen LogP contribution is 2.16. The summed E-state index contributed by atoms with van der Waals surface area (Å²) in [6.07, 6.45) is 1.54. The van der Waals surface area contributed by atoms with Crippen molar-refractivity contribution in [3.63, 3.8) is 0 Å². The van der Waals surface area contributed by atoms with Crippen LogP contribution in [0.25, 0.3) is 0 Å². The molecule has 0 bridgehead atoms. The normalized spacial score (nSPS) is 22.7. The first kappa shape index (κ1) is 11.7. The van der Waals surface area contributed by atoms with Crippen molar-refractivity contribution in [1.29, 1.82) is 0 Å². The van der Waals surface area contributed by atoms with Gasteiger partial charge < -0.3 is 9.47 Å². The fourth-order valence-electron chi connectivity index (χ4n) is 1.46. The maximum atomic E-state index is 11.9. The predicted molar refractivity (Wildman–Crippen MR) is 53.5 cm³/mol. The van der Waals surface area contributed by atoms with Crippen molar-refractivity contribution in [1.82, 2.24) is 0 Å². The van der Waals surface area contributed by atoms with Crippen LogP contribution in [0.1, 0.15) is 19.8 Å². The molecule has 1 rings (SSSR count). The number of rotatable bonds is 3. The summed E-state index contributed by atoms with van der Waals surface area (Å²) < 4.78 is 21.6. The van der Waals surface area contributed by atoms with Gasteiger partial charge in [0.05, 0.1) is 7.11 Å². The first-order chi connectivity index (χ1) is 6.66. The lowest BCUT2D eigenvalue weighted by Crippen LogP contribution is -2.34. The Kier molecular flexibility index (Phi) is 4.54. The first-order valence-electron chi connectivity index (χ1n) is 4.71. The standard InChI is InChI=1S/C9H16O4S/c1-7(9(10)12-2)14(11)8-3-5-13-6-4-8/h7-8H,3-6H2,1-2H3. The summed E-state index contributed by atoms with van der Waals surface area (Å²) in [5.74, 6) is -0.394. The van der Waals surface area contributed by atoms with Gasteiger partial charge in [-0.2, -0.15) is 0 Å². The third-order valence-corrected chi connectivity index (χ3v) is 4.40. The van der Waals surface area contributed by atoms with Crippen molar-refractivity contribution in [2.75, 3.05) is 20.3 Å². The molecule has 4 nitrogen and oxygen atoms in total. The molecule has 0 N–H and O–H groups in total. The zero-order valence-electron chi connectivity index (χ0n) is 8.52. The summed E-state index contributed by atoms with van der Waals surface area (Å²) in [5.41, 5.74) is 0. The molecule has 0 aromatic rings. The molecule has 0 aliphatic carbocycles. The molecule has 0 saturated carbocycles. The van der Waals surface area contributed by atoms with E-state index in [1.54, 1.807) is 6.92 Å². The van der Waals surface area contributed by atoms with Crippen molar-refractivity contribution in [2.24, 2.45) is 0 Å². The molecule has 14 heavy (non-hydrogen) atoms. The van der Waals surface area contributed by atoms with E-state index in [-0.39, 0.29) is 5.25 Å². The van der Waals surface area contributed by atoms with Gasteiger partial charge in [-0.25, -0.2) is 0 Å². The van der Waals surface area contributed by atoms with Crippen LogP contribution in [0.15, 0.2) is 0 Å². The lowest BCUT2D eigenvalue weighted by Gasteiger charge is -2.23. The van der Waals surface area contributed by atoms with E-state index >= 15 is 0 Å². The predicted octanol–water partition coefficient (Wildman–Crippen LogP) is 0.476. The molecule has 1 saturated heterocycles. The van der Waals surface area contributed by atoms with Crippen LogP contribution in [0.2, 0.25) is 0 Å². The van der Waals surface area contributed by atoms with Crippen LogP contribution in [-0.4, -0.2) is 41.0 Å². The maximum absolute atomic E-state index is 11.9. The van der Waals surface area contributed by atoms with Crippen molar-refractivity contribution >= 4 is 16.8 Å². The number of carbonyl (C=O) groups is 1. The minimum absolute atomic E-state index is 0.0813. The second-order valence-corrected chi connectivity index (χ2v) is 5.34. The Balaban J connectivity index is 2.50. The Morgan fingerprint density at radius 1 is 1.50 bits per heavy atom. The van der Waals surface area contributed by atoms with Crippen LogP contribution in [0, 0.1) is 0 Å². The molecule has 0 aromatic heterocycles. The van der Waals surface area contributed by atoms with Gasteiger partial charge in [0.2, 0.25) is 0 Å². The number of ether oxygens (including phenoxy) is 2. The van der Waals surface area contributed by atoms with Crippen molar-refractivity contribution in [2.45, 2.75) is 30.3 Å². The van der Waals surface area contributed by atoms with Gasteiger partial charge >= 0.3 is 5.97 Å². The van der Waals surface area contributed by atoms with Crippen LogP contribution in [0.3, 0.4) is 0 Å². The third kappa shape index (κ3) is 2.78. The molecule has 82 valence electrons. The zero-order valence-corrected chi connectivity index (χ0v) is 9.34. The zero-order chi connectivity index (χ0) is 10.6. The lowest BCUT2D eigenvalue weighted by atomic mass is 10.2. The Labute approximate surface area is 86.4 Å². The lowest BCUT2D eigenvalue weighted by molar-refractivity contribution is -0.139. The van der Waals surface area contributed by atoms with Crippen molar-refractivity contribution < 1.29 is 18.5 Å². The van der Waals surface area contributed by atoms with Gasteiger partial charge in [0.1, 0.15) is 5.25 Å². The molecule has 0 spiro atoms. The number of carbonyl (C=O) groups excluding carboxylic acids is 1. The largest absolute Gasteiger partial charge is 0.468 e. The topological polar surface area (TPSA) is 52.6 Å². The Morgan fingerprint density at radius 3 is 2.57 bits per heavy atom. The van der Waals surface area contributed by atoms with E-state index in [1.807, 2.05) is 0 Å². The van der Waals surface area contributed by atoms with Crippen LogP contribution in [-0.2, 0) is 25.1 Å². The van der Waals surface area contributed by atoms with Gasteiger partial charge in [-0.05, 0) is 19.8 Å². The average molecular weight is 220 g/mol. The molecule has 0 aromatic carbocycles. The van der Waals surface area contributed by atoms with Crippen LogP contribution >= 0.6 is 0 Å². The quantitative estimate of drug-likeness (QED) is 0.649. The summed E-state index contributed by atoms with van der Waals surface area (Å²) in [7, 11) is 0.184. The van der Waals surface area contributed by atoms with E-state index in [0.717, 1.165) is 12.8 Å². The van der Waals surface area contributed by atoms with Crippen molar-refractivity contribution in [3.05, 3.63) is 0 Å². The number of hydrogen-bond acceptors (Lipinski definition) is 4. The summed E-state index contributed by atoms with van der Waals surface area (Å²) in [5, 5.41) is -0.444. The molecule has 1 fully saturated rings. The molecule has 2 atom stereocenters. The highest BCUT2D eigenvalue weighted by molar-refractivity contribution is 7.87. The van der Waals surface area contributed by atoms with E-state index in [4.69, 9.17) is 4.74 Å². The van der Waals surface area contributed by atoms with Gasteiger partial charge in [0.15, 0.2) is 0 Å². The van der Waals surface area contributed by atoms with E-state index in [9.17, 15) is 9.00 Å². The minimum Gasteiger partial charge on any atom is -0.468 e. The number of methoxy groups -OCH3 is 1. The van der Waals surface area contributed by atoms with E-state index in [2.05, 4.69) is 4.74 Å². The molecule has 1 aliphatic heterocycles. The molecule has 1 aliphatic rings. The van der Waals surface area contributed by atoms with Gasteiger partial charge in [-0.1, -0.05) is 0 Å². The van der Waals surface area contributed by atoms with E-state index < -0.39 is 22.0 Å². The van der Waals surface area contributed by atoms with E-state index in [0.29, 0.717) is 13.2 Å². The molecule has 0 amide bonds. The molecule has 1 heterocycles. The third-order valence-electron chi connectivity index (χ3n) is 2.38. The SMILES string of the molecule is COC(=O)C(C)S(=O)C1CCOCC1. The second kappa shape index (κ2) is 5.46. The molecule has 5 heteroatoms. The Morgan fingerprint density at radius 2 is 2.07 bits per heavy atom. The minimum atomic E-state index is -1.14. The smallest absolute Gasteiger partial charge is 0.321 e. The molecular weight excluding hydrogens is 204 g/mol. The molecular formula is C9H16O4S. The second-order valence-electron chi connectivity index (χ2n) is 3.31. The van der Waals surface area contributed by atoms with Gasteiger partial charge in [-0.3, -0.25) is 9.00 Å². The van der Waals surface area contributed by atoms with Crippen LogP contribution < -0.4 is 0 Å². The summed E-state index contributed by atoms with van der Waals surface area (Å²) in [6, 6.07) is 0. The highest BCUT2D eigenvalue weighted by Gasteiger charge is 2.29.